The van der Waals surface area contributed by atoms with Gasteiger partial charge in [-0.05, 0) is 68.4 Å². The summed E-state index contributed by atoms with van der Waals surface area (Å²) >= 11 is 0. The highest BCUT2D eigenvalue weighted by Gasteiger charge is 2.46. The van der Waals surface area contributed by atoms with Crippen LogP contribution in [0.5, 0.6) is 5.75 Å². The molecule has 1 unspecified atom stereocenters. The van der Waals surface area contributed by atoms with Gasteiger partial charge in [0.1, 0.15) is 11.5 Å². The first-order valence-corrected chi connectivity index (χ1v) is 12.2. The Morgan fingerprint density at radius 2 is 1.69 bits per heavy atom. The summed E-state index contributed by atoms with van der Waals surface area (Å²) in [6.45, 7) is 11.2. The highest BCUT2D eigenvalue weighted by Crippen LogP contribution is 2.40. The van der Waals surface area contributed by atoms with Crippen molar-refractivity contribution in [3.8, 4) is 5.75 Å². The molecule has 35 heavy (non-hydrogen) atoms. The molecule has 0 aromatic heterocycles. The van der Waals surface area contributed by atoms with Gasteiger partial charge in [-0.25, -0.2) is 0 Å². The highest BCUT2D eigenvalue weighted by molar-refractivity contribution is 6.46. The smallest absolute Gasteiger partial charge is 0.295 e. The van der Waals surface area contributed by atoms with E-state index in [9.17, 15) is 14.7 Å². The number of hydrogen-bond donors (Lipinski definition) is 1. The molecule has 1 aliphatic heterocycles. The zero-order valence-corrected chi connectivity index (χ0v) is 21.7. The fraction of sp³-hybridized carbons (Fsp3) is 0.429. The van der Waals surface area contributed by atoms with Gasteiger partial charge in [0.25, 0.3) is 11.7 Å². The molecule has 3 rings (SSSR count). The van der Waals surface area contributed by atoms with Gasteiger partial charge in [-0.15, -0.1) is 0 Å². The molecule has 188 valence electrons. The van der Waals surface area contributed by atoms with Crippen LogP contribution in [0.25, 0.3) is 5.76 Å². The summed E-state index contributed by atoms with van der Waals surface area (Å²) in [5.41, 5.74) is 3.26. The molecule has 7 heteroatoms. The van der Waals surface area contributed by atoms with Crippen LogP contribution in [0.2, 0.25) is 0 Å². The Hall–Kier alpha value is -3.32. The Labute approximate surface area is 208 Å². The molecule has 1 amide bonds. The van der Waals surface area contributed by atoms with Crippen LogP contribution in [-0.4, -0.2) is 73.5 Å². The molecule has 1 N–H and O–H groups in total. The van der Waals surface area contributed by atoms with Crippen LogP contribution >= 0.6 is 0 Å². The lowest BCUT2D eigenvalue weighted by Gasteiger charge is -2.28. The van der Waals surface area contributed by atoms with Gasteiger partial charge in [0, 0.05) is 38.4 Å². The summed E-state index contributed by atoms with van der Waals surface area (Å²) in [5.74, 6) is -0.681. The molecule has 2 aromatic carbocycles. The van der Waals surface area contributed by atoms with Crippen LogP contribution in [0, 0.1) is 6.92 Å². The Bertz CT molecular complexity index is 1090. The van der Waals surface area contributed by atoms with Crippen molar-refractivity contribution in [3.63, 3.8) is 0 Å². The maximum atomic E-state index is 13.3. The number of hydrogen-bond acceptors (Lipinski definition) is 6. The third-order valence-corrected chi connectivity index (χ3v) is 6.56. The fourth-order valence-electron chi connectivity index (χ4n) is 4.47. The Morgan fingerprint density at radius 3 is 2.23 bits per heavy atom. The number of likely N-dealkylation sites (N-methyl/N-ethyl adjacent to an activating group) is 1. The van der Waals surface area contributed by atoms with E-state index in [1.165, 1.54) is 0 Å². The second kappa shape index (κ2) is 11.4. The summed E-state index contributed by atoms with van der Waals surface area (Å²) < 4.78 is 5.61. The van der Waals surface area contributed by atoms with Crippen LogP contribution < -0.4 is 9.64 Å². The van der Waals surface area contributed by atoms with Gasteiger partial charge in [-0.3, -0.25) is 9.59 Å². The highest BCUT2D eigenvalue weighted by atomic mass is 16.5. The summed E-state index contributed by atoms with van der Waals surface area (Å²) in [7, 11) is 3.92. The van der Waals surface area contributed by atoms with Crippen molar-refractivity contribution >= 4 is 23.1 Å². The second-order valence-corrected chi connectivity index (χ2v) is 8.92. The minimum Gasteiger partial charge on any atom is -0.507 e. The number of amides is 1. The molecule has 2 aromatic rings. The minimum atomic E-state index is -0.659. The molecule has 7 nitrogen and oxygen atoms in total. The number of anilines is 1. The number of rotatable bonds is 10. The number of aryl methyl sites for hydroxylation is 1. The topological polar surface area (TPSA) is 73.3 Å². The van der Waals surface area contributed by atoms with Crippen molar-refractivity contribution in [2.24, 2.45) is 0 Å². The zero-order valence-electron chi connectivity index (χ0n) is 21.7. The molecule has 1 heterocycles. The lowest BCUT2D eigenvalue weighted by Crippen LogP contribution is -2.38. The predicted molar refractivity (Wildman–Crippen MR) is 140 cm³/mol. The summed E-state index contributed by atoms with van der Waals surface area (Å²) in [6.07, 6.45) is 0. The number of ketones is 1. The molecule has 0 spiro atoms. The van der Waals surface area contributed by atoms with Gasteiger partial charge in [0.15, 0.2) is 0 Å². The van der Waals surface area contributed by atoms with Crippen molar-refractivity contribution in [1.82, 2.24) is 9.80 Å². The molecule has 1 atom stereocenters. The lowest BCUT2D eigenvalue weighted by molar-refractivity contribution is -0.140. The standard InChI is InChI=1S/C28H37N3O4/c1-7-30(8-2)16-17-31-25(20-10-13-22(14-11-20)29(5)6)24(27(33)28(31)34)26(32)21-12-15-23(35-9-3)19(4)18-21/h10-15,18,25,32H,7-9,16-17H2,1-6H3/b26-24+. The maximum Gasteiger partial charge on any atom is 0.295 e. The number of carbonyl (C=O) groups is 2. The number of nitrogens with zero attached hydrogens (tertiary/aromatic N) is 3. The zero-order chi connectivity index (χ0) is 25.7. The number of aliphatic hydroxyl groups is 1. The average molecular weight is 480 g/mol. The number of aliphatic hydroxyl groups excluding tert-OH is 1. The van der Waals surface area contributed by atoms with E-state index in [2.05, 4.69) is 18.7 Å². The molecular weight excluding hydrogens is 442 g/mol. The van der Waals surface area contributed by atoms with Crippen molar-refractivity contribution in [2.75, 3.05) is 51.8 Å². The largest absolute Gasteiger partial charge is 0.507 e. The fourth-order valence-corrected chi connectivity index (χ4v) is 4.47. The summed E-state index contributed by atoms with van der Waals surface area (Å²) in [6, 6.07) is 12.4. The Balaban J connectivity index is 2.10. The van der Waals surface area contributed by atoms with Gasteiger partial charge >= 0.3 is 0 Å². The number of Topliss-reactive ketones (excluding diaryl/α,β-unsaturated/α-hetero) is 1. The quantitative estimate of drug-likeness (QED) is 0.312. The first-order valence-electron chi connectivity index (χ1n) is 12.2. The van der Waals surface area contributed by atoms with Gasteiger partial charge in [0.05, 0.1) is 18.2 Å². The van der Waals surface area contributed by atoms with Gasteiger partial charge < -0.3 is 24.5 Å². The second-order valence-electron chi connectivity index (χ2n) is 8.92. The SMILES string of the molecule is CCOc1ccc(/C(O)=C2\C(=O)C(=O)N(CCN(CC)CC)C2c2ccc(N(C)C)cc2)cc1C. The van der Waals surface area contributed by atoms with Crippen molar-refractivity contribution in [1.29, 1.82) is 0 Å². The Kier molecular flexibility index (Phi) is 8.57. The molecule has 0 bridgehead atoms. The Morgan fingerprint density at radius 1 is 1.03 bits per heavy atom. The minimum absolute atomic E-state index is 0.121. The first-order chi connectivity index (χ1) is 16.7. The van der Waals surface area contributed by atoms with Crippen molar-refractivity contribution in [2.45, 2.75) is 33.7 Å². The van der Waals surface area contributed by atoms with Crippen LogP contribution in [0.15, 0.2) is 48.0 Å². The number of ether oxygens (including phenoxy) is 1. The number of carbonyl (C=O) groups excluding carboxylic acids is 2. The normalized spacial score (nSPS) is 17.3. The van der Waals surface area contributed by atoms with E-state index in [4.69, 9.17) is 4.74 Å². The molecule has 0 aliphatic carbocycles. The molecule has 1 aliphatic rings. The van der Waals surface area contributed by atoms with E-state index in [1.807, 2.05) is 57.1 Å². The number of likely N-dealkylation sites (tertiary alicyclic amines) is 1. The first kappa shape index (κ1) is 26.3. The van der Waals surface area contributed by atoms with Crippen LogP contribution in [-0.2, 0) is 9.59 Å². The molecular formula is C28H37N3O4. The monoisotopic (exact) mass is 479 g/mol. The van der Waals surface area contributed by atoms with Crippen LogP contribution in [0.1, 0.15) is 43.5 Å². The van der Waals surface area contributed by atoms with Crippen LogP contribution in [0.3, 0.4) is 0 Å². The van der Waals surface area contributed by atoms with E-state index in [0.29, 0.717) is 25.3 Å². The van der Waals surface area contributed by atoms with Gasteiger partial charge in [0.2, 0.25) is 0 Å². The summed E-state index contributed by atoms with van der Waals surface area (Å²) in [5, 5.41) is 11.3. The lowest BCUT2D eigenvalue weighted by atomic mass is 9.94. The average Bonchev–Trinajstić information content (AvgIpc) is 3.10. The van der Waals surface area contributed by atoms with Crippen LogP contribution in [0.4, 0.5) is 5.69 Å². The van der Waals surface area contributed by atoms with Crippen molar-refractivity contribution in [3.05, 3.63) is 64.7 Å². The molecule has 0 saturated carbocycles. The number of benzene rings is 2. The molecule has 1 saturated heterocycles. The molecule has 0 radical (unpaired) electrons. The van der Waals surface area contributed by atoms with E-state index in [1.54, 1.807) is 23.1 Å². The van der Waals surface area contributed by atoms with E-state index < -0.39 is 17.7 Å². The predicted octanol–water partition coefficient (Wildman–Crippen LogP) is 4.22. The van der Waals surface area contributed by atoms with E-state index in [-0.39, 0.29) is 11.3 Å². The van der Waals surface area contributed by atoms with Gasteiger partial charge in [-0.2, -0.15) is 0 Å². The third-order valence-electron chi connectivity index (χ3n) is 6.56. The van der Waals surface area contributed by atoms with Gasteiger partial charge in [-0.1, -0.05) is 26.0 Å². The maximum absolute atomic E-state index is 13.3. The summed E-state index contributed by atoms with van der Waals surface area (Å²) in [4.78, 5) is 32.3. The van der Waals surface area contributed by atoms with E-state index >= 15 is 0 Å². The van der Waals surface area contributed by atoms with Crippen molar-refractivity contribution < 1.29 is 19.4 Å². The molecule has 1 fully saturated rings. The third kappa shape index (κ3) is 5.51. The van der Waals surface area contributed by atoms with E-state index in [0.717, 1.165) is 35.7 Å².